The first-order valence-corrected chi connectivity index (χ1v) is 8.39. The van der Waals surface area contributed by atoms with Gasteiger partial charge in [-0.05, 0) is 12.1 Å². The van der Waals surface area contributed by atoms with Crippen molar-refractivity contribution in [2.45, 2.75) is 16.7 Å². The highest BCUT2D eigenvalue weighted by Crippen LogP contribution is 2.35. The van der Waals surface area contributed by atoms with E-state index in [2.05, 4.69) is 22.1 Å². The lowest BCUT2D eigenvalue weighted by molar-refractivity contribution is -0.0171. The second-order valence-electron chi connectivity index (χ2n) is 4.50. The van der Waals surface area contributed by atoms with Gasteiger partial charge < -0.3 is 14.8 Å². The molecule has 1 aliphatic heterocycles. The van der Waals surface area contributed by atoms with Gasteiger partial charge in [-0.15, -0.1) is 16.8 Å². The minimum absolute atomic E-state index is 0.199. The molecule has 22 heavy (non-hydrogen) atoms. The van der Waals surface area contributed by atoms with Crippen LogP contribution in [-0.2, 0) is 17.1 Å². The zero-order chi connectivity index (χ0) is 15.4. The van der Waals surface area contributed by atoms with Crippen LogP contribution in [0.4, 0.5) is 9.52 Å². The lowest BCUT2D eigenvalue weighted by Crippen LogP contribution is -2.13. The molecule has 0 spiro atoms. The van der Waals surface area contributed by atoms with Gasteiger partial charge in [0, 0.05) is 23.4 Å². The molecule has 8 heteroatoms. The maximum atomic E-state index is 13.7. The summed E-state index contributed by atoms with van der Waals surface area (Å²) in [6, 6.07) is 2.94. The van der Waals surface area contributed by atoms with E-state index in [4.69, 9.17) is 9.47 Å². The molecule has 0 aliphatic carbocycles. The number of fused-ring (bicyclic) bond motifs is 1. The Morgan fingerprint density at radius 3 is 3.23 bits per heavy atom. The van der Waals surface area contributed by atoms with Gasteiger partial charge in [-0.25, -0.2) is 4.39 Å². The Morgan fingerprint density at radius 2 is 2.36 bits per heavy atom. The molecule has 0 fully saturated rings. The highest BCUT2D eigenvalue weighted by atomic mass is 32.2. The maximum absolute atomic E-state index is 13.7. The Labute approximate surface area is 135 Å². The summed E-state index contributed by atoms with van der Waals surface area (Å²) < 4.78 is 25.2. The number of nitrogens with one attached hydrogen (secondary N) is 1. The Balaban J connectivity index is 1.69. The second-order valence-corrected chi connectivity index (χ2v) is 6.70. The zero-order valence-corrected chi connectivity index (χ0v) is 13.3. The van der Waals surface area contributed by atoms with Gasteiger partial charge in [-0.2, -0.15) is 0 Å². The van der Waals surface area contributed by atoms with Crippen molar-refractivity contribution in [3.05, 3.63) is 41.7 Å². The molecule has 2 aromatic rings. The number of hydrogen-bond acceptors (Lipinski definition) is 7. The number of hydrogen-bond donors (Lipinski definition) is 1. The van der Waals surface area contributed by atoms with Crippen LogP contribution < -0.4 is 10.1 Å². The van der Waals surface area contributed by atoms with Crippen LogP contribution in [0, 0.1) is 5.82 Å². The highest BCUT2D eigenvalue weighted by molar-refractivity contribution is 8.00. The molecule has 5 nitrogen and oxygen atoms in total. The van der Waals surface area contributed by atoms with Gasteiger partial charge >= 0.3 is 0 Å². The van der Waals surface area contributed by atoms with Gasteiger partial charge in [0.2, 0.25) is 5.13 Å². The fourth-order valence-corrected chi connectivity index (χ4v) is 3.73. The first kappa shape index (κ1) is 15.3. The van der Waals surface area contributed by atoms with E-state index in [0.717, 1.165) is 26.3 Å². The van der Waals surface area contributed by atoms with Crippen LogP contribution in [0.3, 0.4) is 0 Å². The normalized spacial score (nSPS) is 13.3. The van der Waals surface area contributed by atoms with E-state index in [1.54, 1.807) is 6.08 Å². The van der Waals surface area contributed by atoms with E-state index in [9.17, 15) is 4.39 Å². The summed E-state index contributed by atoms with van der Waals surface area (Å²) >= 11 is 2.96. The maximum Gasteiger partial charge on any atom is 0.206 e. The first-order chi connectivity index (χ1) is 10.8. The molecule has 0 radical (unpaired) electrons. The van der Waals surface area contributed by atoms with Crippen LogP contribution in [-0.4, -0.2) is 23.5 Å². The van der Waals surface area contributed by atoms with Gasteiger partial charge in [0.15, 0.2) is 11.1 Å². The average Bonchev–Trinajstić information content (AvgIpc) is 2.98. The van der Waals surface area contributed by atoms with Gasteiger partial charge in [0.05, 0.1) is 6.61 Å². The van der Waals surface area contributed by atoms with E-state index in [1.165, 1.54) is 35.2 Å². The summed E-state index contributed by atoms with van der Waals surface area (Å²) in [4.78, 5) is 0. The van der Waals surface area contributed by atoms with Crippen molar-refractivity contribution in [2.24, 2.45) is 0 Å². The average molecular weight is 339 g/mol. The Kier molecular flexibility index (Phi) is 4.91. The molecule has 3 rings (SSSR count). The molecule has 0 amide bonds. The monoisotopic (exact) mass is 339 g/mol. The molecule has 1 aliphatic rings. The number of anilines is 1. The largest absolute Gasteiger partial charge is 0.467 e. The molecular formula is C14H14FN3O2S2. The molecule has 0 bridgehead atoms. The molecule has 0 saturated heterocycles. The molecule has 1 N–H and O–H groups in total. The third-order valence-corrected chi connectivity index (χ3v) is 4.97. The van der Waals surface area contributed by atoms with Crippen molar-refractivity contribution in [3.8, 4) is 5.75 Å². The van der Waals surface area contributed by atoms with Crippen molar-refractivity contribution in [1.29, 1.82) is 0 Å². The van der Waals surface area contributed by atoms with Crippen molar-refractivity contribution in [2.75, 3.05) is 18.7 Å². The summed E-state index contributed by atoms with van der Waals surface area (Å²) in [5, 5.41) is 12.0. The van der Waals surface area contributed by atoms with Crippen LogP contribution in [0.25, 0.3) is 0 Å². The van der Waals surface area contributed by atoms with Gasteiger partial charge in [0.1, 0.15) is 11.6 Å². The van der Waals surface area contributed by atoms with Gasteiger partial charge in [0.25, 0.3) is 0 Å². The molecule has 0 saturated carbocycles. The Morgan fingerprint density at radius 1 is 1.45 bits per heavy atom. The zero-order valence-electron chi connectivity index (χ0n) is 11.7. The number of ether oxygens (including phenoxy) is 2. The van der Waals surface area contributed by atoms with Crippen molar-refractivity contribution in [3.63, 3.8) is 0 Å². The highest BCUT2D eigenvalue weighted by Gasteiger charge is 2.17. The smallest absolute Gasteiger partial charge is 0.206 e. The lowest BCUT2D eigenvalue weighted by atomic mass is 10.1. The summed E-state index contributed by atoms with van der Waals surface area (Å²) in [7, 11) is 0. The number of thioether (sulfide) groups is 1. The number of benzene rings is 1. The third kappa shape index (κ3) is 3.57. The van der Waals surface area contributed by atoms with E-state index in [-0.39, 0.29) is 12.6 Å². The fourth-order valence-electron chi connectivity index (χ4n) is 2.00. The predicted molar refractivity (Wildman–Crippen MR) is 84.8 cm³/mol. The standard InChI is InChI=1S/C14H14FN3O2S2/c1-2-3-16-13-17-18-14(22-13)21-7-10-5-11(15)4-9-6-19-8-20-12(9)10/h2,4-5H,1,3,6-8H2,(H,16,17). The lowest BCUT2D eigenvalue weighted by Gasteiger charge is -2.20. The number of halogens is 1. The van der Waals surface area contributed by atoms with Crippen LogP contribution in [0.5, 0.6) is 5.75 Å². The SMILES string of the molecule is C=CCNc1nnc(SCc2cc(F)cc3c2OCOC3)s1. The van der Waals surface area contributed by atoms with E-state index in [1.807, 2.05) is 0 Å². The number of aromatic nitrogens is 2. The Bertz CT molecular complexity index is 678. The minimum atomic E-state index is -0.283. The number of nitrogens with zero attached hydrogens (tertiary/aromatic N) is 2. The Hall–Kier alpha value is -1.64. The summed E-state index contributed by atoms with van der Waals surface area (Å²) in [5.41, 5.74) is 1.55. The molecule has 0 atom stereocenters. The summed E-state index contributed by atoms with van der Waals surface area (Å²) in [5.74, 6) is 1.000. The molecule has 2 heterocycles. The first-order valence-electron chi connectivity index (χ1n) is 6.59. The topological polar surface area (TPSA) is 56.3 Å². The van der Waals surface area contributed by atoms with Crippen LogP contribution in [0.2, 0.25) is 0 Å². The molecule has 1 aromatic heterocycles. The van der Waals surface area contributed by atoms with Crippen molar-refractivity contribution in [1.82, 2.24) is 10.2 Å². The second kappa shape index (κ2) is 7.08. The predicted octanol–water partition coefficient (Wildman–Crippen LogP) is 3.43. The molecule has 116 valence electrons. The van der Waals surface area contributed by atoms with Crippen LogP contribution in [0.15, 0.2) is 29.1 Å². The summed E-state index contributed by atoms with van der Waals surface area (Å²) in [6.45, 7) is 4.85. The van der Waals surface area contributed by atoms with Crippen molar-refractivity contribution >= 4 is 28.2 Å². The van der Waals surface area contributed by atoms with Gasteiger partial charge in [-0.3, -0.25) is 0 Å². The van der Waals surface area contributed by atoms with Crippen LogP contribution >= 0.6 is 23.1 Å². The molecule has 0 unspecified atom stereocenters. The van der Waals surface area contributed by atoms with Gasteiger partial charge in [-0.1, -0.05) is 29.2 Å². The van der Waals surface area contributed by atoms with E-state index >= 15 is 0 Å². The van der Waals surface area contributed by atoms with Crippen molar-refractivity contribution < 1.29 is 13.9 Å². The third-order valence-electron chi connectivity index (χ3n) is 2.91. The quantitative estimate of drug-likeness (QED) is 0.643. The number of rotatable bonds is 6. The van der Waals surface area contributed by atoms with Crippen LogP contribution in [0.1, 0.15) is 11.1 Å². The fraction of sp³-hybridized carbons (Fsp3) is 0.286. The minimum Gasteiger partial charge on any atom is -0.467 e. The van der Waals surface area contributed by atoms with E-state index in [0.29, 0.717) is 18.9 Å². The molecular weight excluding hydrogens is 325 g/mol. The summed E-state index contributed by atoms with van der Waals surface area (Å²) in [6.07, 6.45) is 1.76. The molecule has 1 aromatic carbocycles. The van der Waals surface area contributed by atoms with E-state index < -0.39 is 0 Å².